The maximum atomic E-state index is 12.3. The van der Waals surface area contributed by atoms with Crippen molar-refractivity contribution in [2.24, 2.45) is 0 Å². The number of carbonyl (C=O) groups is 1. The second kappa shape index (κ2) is 6.70. The molecule has 23 heavy (non-hydrogen) atoms. The number of hydroxylamine groups is 1. The minimum atomic E-state index is -0.506. The van der Waals surface area contributed by atoms with E-state index in [-0.39, 0.29) is 12.2 Å². The molecule has 0 aromatic carbocycles. The van der Waals surface area contributed by atoms with Gasteiger partial charge in [0, 0.05) is 18.3 Å². The normalized spacial score (nSPS) is 19.5. The molecule has 1 aromatic rings. The zero-order valence-electron chi connectivity index (χ0n) is 14.8. The highest BCUT2D eigenvalue weighted by Crippen LogP contribution is 2.18. The van der Waals surface area contributed by atoms with E-state index < -0.39 is 5.60 Å². The first-order valence-corrected chi connectivity index (χ1v) is 7.88. The fourth-order valence-corrected chi connectivity index (χ4v) is 2.40. The summed E-state index contributed by atoms with van der Waals surface area (Å²) in [5, 5.41) is 1.73. The van der Waals surface area contributed by atoms with E-state index in [1.807, 2.05) is 47.6 Å². The molecule has 7 nitrogen and oxygen atoms in total. The summed E-state index contributed by atoms with van der Waals surface area (Å²) < 4.78 is 5.45. The van der Waals surface area contributed by atoms with Crippen molar-refractivity contribution in [2.75, 3.05) is 24.7 Å². The van der Waals surface area contributed by atoms with Crippen LogP contribution in [-0.2, 0) is 9.57 Å². The molecule has 2 heterocycles. The molecule has 0 bridgehead atoms. The molecule has 1 saturated heterocycles. The molecule has 1 aliphatic heterocycles. The van der Waals surface area contributed by atoms with E-state index >= 15 is 0 Å². The van der Waals surface area contributed by atoms with Crippen LogP contribution in [0.4, 0.5) is 10.6 Å². The molecule has 0 radical (unpaired) electrons. The van der Waals surface area contributed by atoms with Crippen molar-refractivity contribution in [1.82, 2.24) is 14.9 Å². The van der Waals surface area contributed by atoms with Gasteiger partial charge in [-0.15, -0.1) is 0 Å². The maximum Gasteiger partial charge on any atom is 0.410 e. The van der Waals surface area contributed by atoms with Gasteiger partial charge in [-0.2, -0.15) is 0 Å². The van der Waals surface area contributed by atoms with Crippen molar-refractivity contribution in [3.8, 4) is 0 Å². The first-order valence-electron chi connectivity index (χ1n) is 7.88. The van der Waals surface area contributed by atoms with Crippen LogP contribution >= 0.6 is 0 Å². The number of nitrogens with zero attached hydrogens (tertiary/aromatic N) is 4. The zero-order chi connectivity index (χ0) is 17.2. The van der Waals surface area contributed by atoms with E-state index in [1.165, 1.54) is 0 Å². The molecule has 128 valence electrons. The number of anilines is 1. The van der Waals surface area contributed by atoms with E-state index in [9.17, 15) is 4.79 Å². The fourth-order valence-electron chi connectivity index (χ4n) is 2.40. The molecule has 1 atom stereocenters. The first-order chi connectivity index (χ1) is 10.6. The van der Waals surface area contributed by atoms with Crippen LogP contribution in [0, 0.1) is 13.8 Å². The number of amides is 1. The van der Waals surface area contributed by atoms with Crippen molar-refractivity contribution in [3.63, 3.8) is 0 Å². The number of ether oxygens (including phenoxy) is 1. The molecule has 1 aliphatic rings. The summed E-state index contributed by atoms with van der Waals surface area (Å²) in [6, 6.07) is 1.88. The zero-order valence-corrected chi connectivity index (χ0v) is 14.8. The van der Waals surface area contributed by atoms with Gasteiger partial charge in [-0.1, -0.05) is 0 Å². The van der Waals surface area contributed by atoms with Crippen LogP contribution in [0.25, 0.3) is 0 Å². The topological polar surface area (TPSA) is 67.8 Å². The monoisotopic (exact) mass is 322 g/mol. The highest BCUT2D eigenvalue weighted by Gasteiger charge is 2.28. The van der Waals surface area contributed by atoms with Crippen molar-refractivity contribution in [1.29, 1.82) is 0 Å². The largest absolute Gasteiger partial charge is 0.444 e. The Hall–Kier alpha value is -1.89. The summed E-state index contributed by atoms with van der Waals surface area (Å²) in [4.78, 5) is 28.6. The van der Waals surface area contributed by atoms with Gasteiger partial charge in [0.15, 0.2) is 5.82 Å². The van der Waals surface area contributed by atoms with Gasteiger partial charge in [0.05, 0.1) is 13.1 Å². The number of aryl methyl sites for hydroxylation is 2. The molecule has 0 saturated carbocycles. The van der Waals surface area contributed by atoms with E-state index in [2.05, 4.69) is 9.97 Å². The number of hydrogen-bond donors (Lipinski definition) is 0. The van der Waals surface area contributed by atoms with Gasteiger partial charge in [0.1, 0.15) is 17.5 Å². The minimum Gasteiger partial charge on any atom is -0.444 e. The Morgan fingerprint density at radius 3 is 2.61 bits per heavy atom. The average Bonchev–Trinajstić information content (AvgIpc) is 2.57. The summed E-state index contributed by atoms with van der Waals surface area (Å²) in [7, 11) is 0. The van der Waals surface area contributed by atoms with Crippen molar-refractivity contribution in [3.05, 3.63) is 17.6 Å². The van der Waals surface area contributed by atoms with Crippen LogP contribution in [0.15, 0.2) is 6.07 Å². The summed E-state index contributed by atoms with van der Waals surface area (Å²) in [6.07, 6.45) is -0.467. The standard InChI is InChI=1S/C16H26N4O3/c1-11-9-14(18-13(3)17-11)20-8-7-19(10-12(2)23-20)15(21)22-16(4,5)6/h9,12H,7-8,10H2,1-6H3/t12-/m0/s1. The Balaban J connectivity index is 2.10. The van der Waals surface area contributed by atoms with Gasteiger partial charge in [0.25, 0.3) is 0 Å². The summed E-state index contributed by atoms with van der Waals surface area (Å²) in [5.74, 6) is 1.41. The lowest BCUT2D eigenvalue weighted by Gasteiger charge is -2.26. The van der Waals surface area contributed by atoms with Crippen LogP contribution in [0.5, 0.6) is 0 Å². The van der Waals surface area contributed by atoms with E-state index in [1.54, 1.807) is 9.96 Å². The lowest BCUT2D eigenvalue weighted by molar-refractivity contribution is 0.0137. The lowest BCUT2D eigenvalue weighted by Crippen LogP contribution is -2.40. The van der Waals surface area contributed by atoms with Crippen LogP contribution in [0.2, 0.25) is 0 Å². The van der Waals surface area contributed by atoms with Crippen molar-refractivity contribution < 1.29 is 14.4 Å². The Kier molecular flexibility index (Phi) is 5.09. The van der Waals surface area contributed by atoms with Crippen molar-refractivity contribution in [2.45, 2.75) is 53.2 Å². The second-order valence-electron chi connectivity index (χ2n) is 6.86. The van der Waals surface area contributed by atoms with E-state index in [0.717, 1.165) is 5.69 Å². The molecule has 0 aliphatic carbocycles. The molecular weight excluding hydrogens is 296 g/mol. The third kappa shape index (κ3) is 5.06. The first kappa shape index (κ1) is 17.5. The van der Waals surface area contributed by atoms with Gasteiger partial charge >= 0.3 is 6.09 Å². The predicted molar refractivity (Wildman–Crippen MR) is 87.2 cm³/mol. The highest BCUT2D eigenvalue weighted by atomic mass is 16.7. The third-order valence-corrected chi connectivity index (χ3v) is 3.22. The molecule has 0 unspecified atom stereocenters. The van der Waals surface area contributed by atoms with Crippen molar-refractivity contribution >= 4 is 11.9 Å². The Morgan fingerprint density at radius 1 is 1.30 bits per heavy atom. The van der Waals surface area contributed by atoms with Gasteiger partial charge in [-0.05, 0) is 41.5 Å². The molecule has 2 rings (SSSR count). The van der Waals surface area contributed by atoms with Gasteiger partial charge in [0.2, 0.25) is 0 Å². The molecular formula is C16H26N4O3. The summed E-state index contributed by atoms with van der Waals surface area (Å²) in [6.45, 7) is 12.8. The van der Waals surface area contributed by atoms with Crippen LogP contribution < -0.4 is 5.06 Å². The van der Waals surface area contributed by atoms with E-state index in [4.69, 9.17) is 9.57 Å². The second-order valence-corrected chi connectivity index (χ2v) is 6.86. The molecule has 0 spiro atoms. The maximum absolute atomic E-state index is 12.3. The number of carbonyl (C=O) groups excluding carboxylic acids is 1. The molecule has 0 N–H and O–H groups in total. The van der Waals surface area contributed by atoms with Gasteiger partial charge in [-0.3, -0.25) is 4.84 Å². The highest BCUT2D eigenvalue weighted by molar-refractivity contribution is 5.68. The van der Waals surface area contributed by atoms with Crippen LogP contribution in [0.3, 0.4) is 0 Å². The Morgan fingerprint density at radius 2 is 2.00 bits per heavy atom. The molecule has 7 heteroatoms. The van der Waals surface area contributed by atoms with Crippen LogP contribution in [0.1, 0.15) is 39.2 Å². The SMILES string of the molecule is Cc1cc(N2CCN(C(=O)OC(C)(C)C)C[C@H](C)O2)nc(C)n1. The Labute approximate surface area is 137 Å². The third-order valence-electron chi connectivity index (χ3n) is 3.22. The fraction of sp³-hybridized carbons (Fsp3) is 0.688. The van der Waals surface area contributed by atoms with Crippen LogP contribution in [-0.4, -0.2) is 52.3 Å². The smallest absolute Gasteiger partial charge is 0.410 e. The Bertz CT molecular complexity index is 551. The van der Waals surface area contributed by atoms with E-state index in [0.29, 0.717) is 31.3 Å². The number of rotatable bonds is 1. The molecule has 1 fully saturated rings. The summed E-state index contributed by atoms with van der Waals surface area (Å²) >= 11 is 0. The molecule has 1 amide bonds. The summed E-state index contributed by atoms with van der Waals surface area (Å²) in [5.41, 5.74) is 0.380. The van der Waals surface area contributed by atoms with Gasteiger partial charge in [-0.25, -0.2) is 19.8 Å². The molecule has 1 aromatic heterocycles. The van der Waals surface area contributed by atoms with Gasteiger partial charge < -0.3 is 9.64 Å². The minimum absolute atomic E-state index is 0.152. The number of hydrogen-bond acceptors (Lipinski definition) is 6. The quantitative estimate of drug-likeness (QED) is 0.791. The average molecular weight is 322 g/mol. The predicted octanol–water partition coefficient (Wildman–Crippen LogP) is 2.47. The number of aromatic nitrogens is 2. The lowest BCUT2D eigenvalue weighted by atomic mass is 10.2.